The van der Waals surface area contributed by atoms with Gasteiger partial charge in [-0.25, -0.2) is 0 Å². The second-order valence-electron chi connectivity index (χ2n) is 3.96. The summed E-state index contributed by atoms with van der Waals surface area (Å²) in [7, 11) is 4.36. The predicted octanol–water partition coefficient (Wildman–Crippen LogP) is 1.67. The fraction of sp³-hybridized carbons (Fsp3) is 1.00. The molecular weight excluding hydrogens is 148 g/mol. The molecule has 2 heteroatoms. The first-order chi connectivity index (χ1) is 5.49. The second-order valence-corrected chi connectivity index (χ2v) is 3.96. The van der Waals surface area contributed by atoms with Crippen LogP contribution in [0, 0.1) is 0 Å². The number of hydrogen-bond acceptors (Lipinski definition) is 2. The van der Waals surface area contributed by atoms with Crippen molar-refractivity contribution in [2.45, 2.75) is 39.8 Å². The van der Waals surface area contributed by atoms with Crippen molar-refractivity contribution in [2.24, 2.45) is 0 Å². The number of nitrogens with zero attached hydrogens (tertiary/aromatic N) is 2. The number of likely N-dealkylation sites (N-methyl/N-ethyl adjacent to an activating group) is 2. The lowest BCUT2D eigenvalue weighted by atomic mass is 10.2. The van der Waals surface area contributed by atoms with Gasteiger partial charge >= 0.3 is 0 Å². The van der Waals surface area contributed by atoms with Crippen LogP contribution in [0.25, 0.3) is 0 Å². The molecule has 0 saturated carbocycles. The van der Waals surface area contributed by atoms with E-state index < -0.39 is 0 Å². The summed E-state index contributed by atoms with van der Waals surface area (Å²) in [6.07, 6.45) is 0. The van der Waals surface area contributed by atoms with E-state index in [4.69, 9.17) is 0 Å². The summed E-state index contributed by atoms with van der Waals surface area (Å²) < 4.78 is 0. The molecule has 0 aromatic carbocycles. The fourth-order valence-corrected chi connectivity index (χ4v) is 1.22. The summed E-state index contributed by atoms with van der Waals surface area (Å²) in [5.74, 6) is 0. The van der Waals surface area contributed by atoms with Crippen LogP contribution in [0.5, 0.6) is 0 Å². The topological polar surface area (TPSA) is 6.48 Å². The van der Waals surface area contributed by atoms with Gasteiger partial charge in [0.25, 0.3) is 0 Å². The van der Waals surface area contributed by atoms with Gasteiger partial charge in [0.1, 0.15) is 0 Å². The smallest absolute Gasteiger partial charge is 0.0194 e. The molecule has 0 radical (unpaired) electrons. The minimum Gasteiger partial charge on any atom is -0.305 e. The van der Waals surface area contributed by atoms with E-state index in [-0.39, 0.29) is 0 Å². The highest BCUT2D eigenvalue weighted by Crippen LogP contribution is 2.02. The van der Waals surface area contributed by atoms with Crippen LogP contribution in [0.3, 0.4) is 0 Å². The molecule has 0 bridgehead atoms. The van der Waals surface area contributed by atoms with E-state index in [2.05, 4.69) is 51.6 Å². The van der Waals surface area contributed by atoms with Crippen molar-refractivity contribution in [3.63, 3.8) is 0 Å². The fourth-order valence-electron chi connectivity index (χ4n) is 1.22. The van der Waals surface area contributed by atoms with Gasteiger partial charge < -0.3 is 9.80 Å². The third-order valence-corrected chi connectivity index (χ3v) is 2.63. The third kappa shape index (κ3) is 4.07. The molecule has 0 N–H and O–H groups in total. The number of hydrogen-bond donors (Lipinski definition) is 0. The molecule has 0 amide bonds. The molecule has 0 rings (SSSR count). The van der Waals surface area contributed by atoms with Gasteiger partial charge in [-0.05, 0) is 41.4 Å². The molecule has 1 atom stereocenters. The van der Waals surface area contributed by atoms with E-state index in [1.807, 2.05) is 0 Å². The summed E-state index contributed by atoms with van der Waals surface area (Å²) in [5, 5.41) is 0. The SMILES string of the molecule is CCN(C)C[C@@H](C)N(C)C(C)C. The molecule has 0 heterocycles. The Labute approximate surface area is 77.5 Å². The van der Waals surface area contributed by atoms with Crippen LogP contribution in [0.15, 0.2) is 0 Å². The molecule has 0 fully saturated rings. The van der Waals surface area contributed by atoms with Crippen molar-refractivity contribution in [1.29, 1.82) is 0 Å². The third-order valence-electron chi connectivity index (χ3n) is 2.63. The van der Waals surface area contributed by atoms with Crippen molar-refractivity contribution in [1.82, 2.24) is 9.80 Å². The minimum atomic E-state index is 0.644. The van der Waals surface area contributed by atoms with Crippen LogP contribution < -0.4 is 0 Å². The lowest BCUT2D eigenvalue weighted by Gasteiger charge is -2.31. The highest BCUT2D eigenvalue weighted by Gasteiger charge is 2.12. The zero-order chi connectivity index (χ0) is 9.72. The Balaban J connectivity index is 3.78. The van der Waals surface area contributed by atoms with Crippen molar-refractivity contribution in [3.8, 4) is 0 Å². The molecule has 0 aliphatic heterocycles. The van der Waals surface area contributed by atoms with E-state index in [1.165, 1.54) is 0 Å². The molecule has 0 spiro atoms. The first-order valence-corrected chi connectivity index (χ1v) is 4.89. The Morgan fingerprint density at radius 3 is 1.92 bits per heavy atom. The predicted molar refractivity (Wildman–Crippen MR) is 55.5 cm³/mol. The molecule has 0 aliphatic rings. The quantitative estimate of drug-likeness (QED) is 0.622. The average molecular weight is 172 g/mol. The Bertz CT molecular complexity index is 112. The summed E-state index contributed by atoms with van der Waals surface area (Å²) in [5.41, 5.74) is 0. The van der Waals surface area contributed by atoms with E-state index >= 15 is 0 Å². The van der Waals surface area contributed by atoms with Crippen LogP contribution in [0.4, 0.5) is 0 Å². The molecule has 0 aliphatic carbocycles. The van der Waals surface area contributed by atoms with Gasteiger partial charge in [-0.3, -0.25) is 0 Å². The molecule has 2 nitrogen and oxygen atoms in total. The molecule has 0 unspecified atom stereocenters. The maximum Gasteiger partial charge on any atom is 0.0194 e. The zero-order valence-corrected chi connectivity index (χ0v) is 9.46. The van der Waals surface area contributed by atoms with Crippen LogP contribution in [-0.4, -0.2) is 49.1 Å². The minimum absolute atomic E-state index is 0.644. The molecule has 12 heavy (non-hydrogen) atoms. The lowest BCUT2D eigenvalue weighted by molar-refractivity contribution is 0.164. The normalized spacial score (nSPS) is 14.8. The molecule has 74 valence electrons. The standard InChI is InChI=1S/C10H24N2/c1-7-11(5)8-10(4)12(6)9(2)3/h9-10H,7-8H2,1-6H3/t10-/m1/s1. The first-order valence-electron chi connectivity index (χ1n) is 4.89. The van der Waals surface area contributed by atoms with Crippen molar-refractivity contribution in [2.75, 3.05) is 27.2 Å². The average Bonchev–Trinajstić information content (AvgIpc) is 2.02. The largest absolute Gasteiger partial charge is 0.305 e. The summed E-state index contributed by atoms with van der Waals surface area (Å²) in [6.45, 7) is 11.3. The van der Waals surface area contributed by atoms with Gasteiger partial charge in [0.15, 0.2) is 0 Å². The van der Waals surface area contributed by atoms with Crippen molar-refractivity contribution < 1.29 is 0 Å². The maximum atomic E-state index is 2.41. The van der Waals surface area contributed by atoms with Gasteiger partial charge in [0.2, 0.25) is 0 Å². The first kappa shape index (κ1) is 11.9. The van der Waals surface area contributed by atoms with Crippen LogP contribution >= 0.6 is 0 Å². The van der Waals surface area contributed by atoms with E-state index in [1.54, 1.807) is 0 Å². The zero-order valence-electron chi connectivity index (χ0n) is 9.46. The Kier molecular flexibility index (Phi) is 5.51. The van der Waals surface area contributed by atoms with Crippen molar-refractivity contribution >= 4 is 0 Å². The van der Waals surface area contributed by atoms with Crippen molar-refractivity contribution in [3.05, 3.63) is 0 Å². The Hall–Kier alpha value is -0.0800. The maximum absolute atomic E-state index is 2.41. The molecular formula is C10H24N2. The molecule has 0 saturated heterocycles. The highest BCUT2D eigenvalue weighted by molar-refractivity contribution is 4.69. The highest BCUT2D eigenvalue weighted by atomic mass is 15.2. The second kappa shape index (κ2) is 5.55. The molecule has 0 aromatic rings. The molecule has 0 aromatic heterocycles. The van der Waals surface area contributed by atoms with Gasteiger partial charge in [0, 0.05) is 18.6 Å². The Morgan fingerprint density at radius 1 is 1.08 bits per heavy atom. The van der Waals surface area contributed by atoms with E-state index in [0.29, 0.717) is 12.1 Å². The van der Waals surface area contributed by atoms with E-state index in [9.17, 15) is 0 Å². The van der Waals surface area contributed by atoms with E-state index in [0.717, 1.165) is 13.1 Å². The number of rotatable bonds is 5. The summed E-state index contributed by atoms with van der Waals surface area (Å²) in [4.78, 5) is 4.76. The van der Waals surface area contributed by atoms with Crippen LogP contribution in [0.2, 0.25) is 0 Å². The monoisotopic (exact) mass is 172 g/mol. The lowest BCUT2D eigenvalue weighted by Crippen LogP contribution is -2.42. The van der Waals surface area contributed by atoms with Crippen LogP contribution in [0.1, 0.15) is 27.7 Å². The van der Waals surface area contributed by atoms with Gasteiger partial charge in [-0.1, -0.05) is 6.92 Å². The van der Waals surface area contributed by atoms with Gasteiger partial charge in [0.05, 0.1) is 0 Å². The summed E-state index contributed by atoms with van der Waals surface area (Å²) in [6, 6.07) is 1.29. The van der Waals surface area contributed by atoms with Gasteiger partial charge in [-0.2, -0.15) is 0 Å². The van der Waals surface area contributed by atoms with Gasteiger partial charge in [-0.15, -0.1) is 0 Å². The summed E-state index contributed by atoms with van der Waals surface area (Å²) >= 11 is 0. The van der Waals surface area contributed by atoms with Crippen LogP contribution in [-0.2, 0) is 0 Å². The Morgan fingerprint density at radius 2 is 1.58 bits per heavy atom.